The standard InChI is InChI=1S/C22H17N3O3S/c26-21(24-14-20-23-13-18(28-20)15-5-2-1-3-6-15)16-8-10-17(11-9-16)25-22(27)19-7-4-12-29-19/h1-13H,14H2,(H,24,26)(H,25,27). The van der Waals surface area contributed by atoms with Gasteiger partial charge in [0, 0.05) is 16.8 Å². The van der Waals surface area contributed by atoms with Crippen molar-refractivity contribution in [1.82, 2.24) is 10.3 Å². The lowest BCUT2D eigenvalue weighted by molar-refractivity contribution is 0.0947. The Labute approximate surface area is 171 Å². The van der Waals surface area contributed by atoms with E-state index in [1.54, 1.807) is 36.5 Å². The fourth-order valence-electron chi connectivity index (χ4n) is 2.69. The van der Waals surface area contributed by atoms with Crippen LogP contribution >= 0.6 is 11.3 Å². The Morgan fingerprint density at radius 1 is 0.931 bits per heavy atom. The number of benzene rings is 2. The van der Waals surface area contributed by atoms with Crippen LogP contribution < -0.4 is 10.6 Å². The number of thiophene rings is 1. The molecule has 4 rings (SSSR count). The molecule has 0 spiro atoms. The minimum atomic E-state index is -0.249. The number of hydrogen-bond donors (Lipinski definition) is 2. The van der Waals surface area contributed by atoms with Gasteiger partial charge in [-0.1, -0.05) is 36.4 Å². The zero-order chi connectivity index (χ0) is 20.1. The lowest BCUT2D eigenvalue weighted by Crippen LogP contribution is -2.22. The fourth-order valence-corrected chi connectivity index (χ4v) is 3.31. The highest BCUT2D eigenvalue weighted by atomic mass is 32.1. The molecule has 29 heavy (non-hydrogen) atoms. The number of amides is 2. The summed E-state index contributed by atoms with van der Waals surface area (Å²) in [6.07, 6.45) is 1.64. The molecule has 2 N–H and O–H groups in total. The molecule has 2 aromatic carbocycles. The quantitative estimate of drug-likeness (QED) is 0.493. The molecule has 0 saturated heterocycles. The minimum Gasteiger partial charge on any atom is -0.439 e. The molecule has 6 nitrogen and oxygen atoms in total. The average molecular weight is 403 g/mol. The zero-order valence-corrected chi connectivity index (χ0v) is 16.1. The molecule has 0 aliphatic heterocycles. The molecule has 0 fully saturated rings. The summed E-state index contributed by atoms with van der Waals surface area (Å²) in [5.74, 6) is 0.661. The van der Waals surface area contributed by atoms with Crippen LogP contribution in [0.5, 0.6) is 0 Å². The second kappa shape index (κ2) is 8.53. The first-order valence-electron chi connectivity index (χ1n) is 8.92. The van der Waals surface area contributed by atoms with Gasteiger partial charge in [-0.05, 0) is 35.7 Å². The summed E-state index contributed by atoms with van der Waals surface area (Å²) in [6.45, 7) is 0.183. The predicted octanol–water partition coefficient (Wildman–Crippen LogP) is 4.59. The van der Waals surface area contributed by atoms with E-state index in [9.17, 15) is 9.59 Å². The number of anilines is 1. The van der Waals surface area contributed by atoms with Crippen molar-refractivity contribution in [2.75, 3.05) is 5.32 Å². The third-order valence-corrected chi connectivity index (χ3v) is 5.03. The molecule has 0 saturated carbocycles. The van der Waals surface area contributed by atoms with E-state index in [1.807, 2.05) is 41.8 Å². The number of nitrogens with zero attached hydrogens (tertiary/aromatic N) is 1. The van der Waals surface area contributed by atoms with Crippen molar-refractivity contribution >= 4 is 28.8 Å². The SMILES string of the molecule is O=C(NCc1ncc(-c2ccccc2)o1)c1ccc(NC(=O)c2cccs2)cc1. The molecule has 0 unspecified atom stereocenters. The smallest absolute Gasteiger partial charge is 0.265 e. The van der Waals surface area contributed by atoms with Crippen LogP contribution in [0.3, 0.4) is 0 Å². The Balaban J connectivity index is 1.33. The second-order valence-corrected chi connectivity index (χ2v) is 7.12. The maximum Gasteiger partial charge on any atom is 0.265 e. The second-order valence-electron chi connectivity index (χ2n) is 6.18. The molecule has 0 aliphatic rings. The van der Waals surface area contributed by atoms with E-state index in [0.717, 1.165) is 5.56 Å². The minimum absolute atomic E-state index is 0.171. The number of hydrogen-bond acceptors (Lipinski definition) is 5. The van der Waals surface area contributed by atoms with Crippen molar-refractivity contribution in [2.24, 2.45) is 0 Å². The average Bonchev–Trinajstić information content (AvgIpc) is 3.45. The molecule has 2 heterocycles. The molecule has 7 heteroatoms. The van der Waals surface area contributed by atoms with Gasteiger partial charge >= 0.3 is 0 Å². The van der Waals surface area contributed by atoms with Gasteiger partial charge in [-0.2, -0.15) is 0 Å². The normalized spacial score (nSPS) is 10.5. The Hall–Kier alpha value is -3.71. The van der Waals surface area contributed by atoms with E-state index in [0.29, 0.717) is 27.8 Å². The molecule has 144 valence electrons. The first-order chi connectivity index (χ1) is 14.2. The molecule has 4 aromatic rings. The maximum absolute atomic E-state index is 12.3. The third kappa shape index (κ3) is 4.59. The van der Waals surface area contributed by atoms with Crippen molar-refractivity contribution in [3.63, 3.8) is 0 Å². The maximum atomic E-state index is 12.3. The molecule has 2 aromatic heterocycles. The van der Waals surface area contributed by atoms with Crippen molar-refractivity contribution in [1.29, 1.82) is 0 Å². The molecular formula is C22H17N3O3S. The van der Waals surface area contributed by atoms with Gasteiger partial charge in [0.15, 0.2) is 5.76 Å². The first-order valence-corrected chi connectivity index (χ1v) is 9.80. The zero-order valence-electron chi connectivity index (χ0n) is 15.3. The van der Waals surface area contributed by atoms with Crippen molar-refractivity contribution in [2.45, 2.75) is 6.54 Å². The summed E-state index contributed by atoms with van der Waals surface area (Å²) in [7, 11) is 0. The van der Waals surface area contributed by atoms with Gasteiger partial charge in [0.1, 0.15) is 0 Å². The van der Waals surface area contributed by atoms with Crippen LogP contribution in [0.25, 0.3) is 11.3 Å². The third-order valence-electron chi connectivity index (χ3n) is 4.16. The Morgan fingerprint density at radius 2 is 1.72 bits per heavy atom. The highest BCUT2D eigenvalue weighted by molar-refractivity contribution is 7.12. The lowest BCUT2D eigenvalue weighted by Gasteiger charge is -2.06. The van der Waals surface area contributed by atoms with Crippen LogP contribution in [0.1, 0.15) is 25.9 Å². The van der Waals surface area contributed by atoms with Crippen LogP contribution in [0.2, 0.25) is 0 Å². The van der Waals surface area contributed by atoms with Gasteiger partial charge in [0.2, 0.25) is 5.89 Å². The van der Waals surface area contributed by atoms with E-state index in [-0.39, 0.29) is 18.4 Å². The number of aromatic nitrogens is 1. The topological polar surface area (TPSA) is 84.2 Å². The molecule has 0 atom stereocenters. The summed E-state index contributed by atoms with van der Waals surface area (Å²) in [4.78, 5) is 29.2. The monoisotopic (exact) mass is 403 g/mol. The van der Waals surface area contributed by atoms with Gasteiger partial charge in [0.05, 0.1) is 17.6 Å². The number of nitrogens with one attached hydrogen (secondary N) is 2. The molecule has 2 amide bonds. The van der Waals surface area contributed by atoms with E-state index in [1.165, 1.54) is 11.3 Å². The van der Waals surface area contributed by atoms with E-state index in [4.69, 9.17) is 4.42 Å². The Kier molecular flexibility index (Phi) is 5.49. The van der Waals surface area contributed by atoms with Gasteiger partial charge in [-0.15, -0.1) is 11.3 Å². The molecular weight excluding hydrogens is 386 g/mol. The number of oxazole rings is 1. The summed E-state index contributed by atoms with van der Waals surface area (Å²) < 4.78 is 5.68. The van der Waals surface area contributed by atoms with Crippen LogP contribution in [0.4, 0.5) is 5.69 Å². The molecule has 0 bridgehead atoms. The summed E-state index contributed by atoms with van der Waals surface area (Å²) in [5.41, 5.74) is 2.03. The summed E-state index contributed by atoms with van der Waals surface area (Å²) in [5, 5.41) is 7.43. The first kappa shape index (κ1) is 18.6. The lowest BCUT2D eigenvalue weighted by atomic mass is 10.2. The van der Waals surface area contributed by atoms with Gasteiger partial charge in [-0.3, -0.25) is 9.59 Å². The Morgan fingerprint density at radius 3 is 2.45 bits per heavy atom. The van der Waals surface area contributed by atoms with Crippen LogP contribution in [0, 0.1) is 0 Å². The van der Waals surface area contributed by atoms with Crippen molar-refractivity contribution in [3.05, 3.63) is 94.6 Å². The predicted molar refractivity (Wildman–Crippen MR) is 112 cm³/mol. The number of carbonyl (C=O) groups is 2. The summed E-state index contributed by atoms with van der Waals surface area (Å²) in [6, 6.07) is 19.9. The van der Waals surface area contributed by atoms with Crippen molar-refractivity contribution < 1.29 is 14.0 Å². The van der Waals surface area contributed by atoms with Gasteiger partial charge in [-0.25, -0.2) is 4.98 Å². The largest absolute Gasteiger partial charge is 0.439 e. The number of carbonyl (C=O) groups excluding carboxylic acids is 2. The summed E-state index contributed by atoms with van der Waals surface area (Å²) >= 11 is 1.37. The van der Waals surface area contributed by atoms with Gasteiger partial charge < -0.3 is 15.1 Å². The Bertz CT molecular complexity index is 1100. The van der Waals surface area contributed by atoms with Crippen LogP contribution in [0.15, 0.2) is 82.7 Å². The molecule has 0 aliphatic carbocycles. The van der Waals surface area contributed by atoms with Gasteiger partial charge in [0.25, 0.3) is 11.8 Å². The molecule has 0 radical (unpaired) electrons. The van der Waals surface area contributed by atoms with E-state index in [2.05, 4.69) is 15.6 Å². The van der Waals surface area contributed by atoms with Crippen LogP contribution in [-0.2, 0) is 6.54 Å². The van der Waals surface area contributed by atoms with Crippen LogP contribution in [-0.4, -0.2) is 16.8 Å². The van der Waals surface area contributed by atoms with Crippen molar-refractivity contribution in [3.8, 4) is 11.3 Å². The van der Waals surface area contributed by atoms with E-state index < -0.39 is 0 Å². The highest BCUT2D eigenvalue weighted by Gasteiger charge is 2.11. The van der Waals surface area contributed by atoms with E-state index >= 15 is 0 Å². The highest BCUT2D eigenvalue weighted by Crippen LogP contribution is 2.19. The fraction of sp³-hybridized carbons (Fsp3) is 0.0455. The number of rotatable bonds is 6.